The van der Waals surface area contributed by atoms with Crippen molar-refractivity contribution in [3.63, 3.8) is 0 Å². The van der Waals surface area contributed by atoms with E-state index in [0.717, 1.165) is 24.1 Å². The fraction of sp³-hybridized carbons (Fsp3) is 0.300. The molecule has 0 aliphatic rings. The van der Waals surface area contributed by atoms with Crippen molar-refractivity contribution >= 4 is 33.4 Å². The lowest BCUT2D eigenvalue weighted by atomic mass is 10.1. The number of hydrogen-bond acceptors (Lipinski definition) is 2. The number of carbonyl (C=O) groups excluding carboxylic acids is 2. The second-order valence-electron chi connectivity index (χ2n) is 6.00. The summed E-state index contributed by atoms with van der Waals surface area (Å²) in [4.78, 5) is 25.8. The van der Waals surface area contributed by atoms with Crippen LogP contribution in [0.2, 0.25) is 0 Å². The third-order valence-electron chi connectivity index (χ3n) is 4.28. The van der Waals surface area contributed by atoms with Gasteiger partial charge < -0.3 is 15.5 Å². The van der Waals surface area contributed by atoms with Crippen LogP contribution >= 0.6 is 15.9 Å². The van der Waals surface area contributed by atoms with Crippen LogP contribution in [0.4, 0.5) is 5.69 Å². The maximum Gasteiger partial charge on any atom is 0.255 e. The lowest BCUT2D eigenvalue weighted by Gasteiger charge is -2.15. The maximum atomic E-state index is 12.2. The first-order valence-corrected chi connectivity index (χ1v) is 9.61. The van der Waals surface area contributed by atoms with E-state index in [1.807, 2.05) is 12.1 Å². The number of carbonyl (C=O) groups is 2. The van der Waals surface area contributed by atoms with Gasteiger partial charge in [0, 0.05) is 21.3 Å². The summed E-state index contributed by atoms with van der Waals surface area (Å²) in [7, 11) is 0. The average molecular weight is 419 g/mol. The molecule has 2 aromatic rings. The van der Waals surface area contributed by atoms with Gasteiger partial charge in [0.2, 0.25) is 0 Å². The van der Waals surface area contributed by atoms with E-state index in [2.05, 4.69) is 40.4 Å². The van der Waals surface area contributed by atoms with Crippen LogP contribution in [0.15, 0.2) is 53.0 Å². The molecular weight excluding hydrogens is 394 g/mol. The molecule has 2 aromatic carbocycles. The predicted octanol–water partition coefficient (Wildman–Crippen LogP) is 2.36. The molecule has 0 saturated carbocycles. The monoisotopic (exact) mass is 418 g/mol. The first-order chi connectivity index (χ1) is 12.5. The van der Waals surface area contributed by atoms with Crippen LogP contribution in [0.5, 0.6) is 0 Å². The summed E-state index contributed by atoms with van der Waals surface area (Å²) in [5, 5.41) is 5.77. The quantitative estimate of drug-likeness (QED) is 0.615. The number of halogens is 1. The van der Waals surface area contributed by atoms with Gasteiger partial charge in [-0.2, -0.15) is 0 Å². The predicted molar refractivity (Wildman–Crippen MR) is 108 cm³/mol. The second-order valence-corrected chi connectivity index (χ2v) is 6.92. The van der Waals surface area contributed by atoms with Crippen molar-refractivity contribution in [2.24, 2.45) is 0 Å². The van der Waals surface area contributed by atoms with Gasteiger partial charge in [0.1, 0.15) is 0 Å². The van der Waals surface area contributed by atoms with E-state index in [9.17, 15) is 9.59 Å². The van der Waals surface area contributed by atoms with E-state index < -0.39 is 0 Å². The molecule has 2 amide bonds. The van der Waals surface area contributed by atoms with Crippen LogP contribution in [0, 0.1) is 0 Å². The number of rotatable bonds is 8. The maximum absolute atomic E-state index is 12.2. The van der Waals surface area contributed by atoms with E-state index in [4.69, 9.17) is 0 Å². The third-order valence-corrected chi connectivity index (χ3v) is 4.80. The highest BCUT2D eigenvalue weighted by Gasteiger charge is 2.09. The largest absolute Gasteiger partial charge is 0.346 e. The number of hydrogen-bond donors (Lipinski definition) is 3. The van der Waals surface area contributed by atoms with Crippen molar-refractivity contribution in [2.45, 2.75) is 13.8 Å². The van der Waals surface area contributed by atoms with E-state index in [1.165, 1.54) is 4.90 Å². The second kappa shape index (κ2) is 10.1. The van der Waals surface area contributed by atoms with E-state index in [1.54, 1.807) is 36.4 Å². The van der Waals surface area contributed by atoms with Gasteiger partial charge in [0.05, 0.1) is 26.2 Å². The molecule has 5 nitrogen and oxygen atoms in total. The molecule has 0 heterocycles. The van der Waals surface area contributed by atoms with Gasteiger partial charge >= 0.3 is 0 Å². The van der Waals surface area contributed by atoms with E-state index in [0.29, 0.717) is 23.4 Å². The number of likely N-dealkylation sites (N-methyl/N-ethyl adjacent to an activating group) is 1. The minimum atomic E-state index is -0.183. The molecule has 3 N–H and O–H groups in total. The summed E-state index contributed by atoms with van der Waals surface area (Å²) in [6.07, 6.45) is 0. The Morgan fingerprint density at radius 3 is 2.00 bits per heavy atom. The van der Waals surface area contributed by atoms with Crippen LogP contribution in [-0.4, -0.2) is 38.0 Å². The molecule has 0 bridgehead atoms. The van der Waals surface area contributed by atoms with Crippen molar-refractivity contribution < 1.29 is 14.5 Å². The Hall–Kier alpha value is -2.18. The standard InChI is InChI=1S/C20H24BrN3O2/c1-3-24(4-2)14-13-22-19(25)15-7-11-18(12-8-15)23-20(26)16-5-9-17(21)10-6-16/h5-12H,3-4,13-14H2,1-2H3,(H,22,25)(H,23,26)/p+1. The lowest BCUT2D eigenvalue weighted by Crippen LogP contribution is -3.12. The Balaban J connectivity index is 1.88. The molecule has 0 radical (unpaired) electrons. The molecule has 0 atom stereocenters. The molecule has 2 rings (SSSR count). The Morgan fingerprint density at radius 2 is 1.42 bits per heavy atom. The van der Waals surface area contributed by atoms with Crippen molar-refractivity contribution in [3.8, 4) is 0 Å². The summed E-state index contributed by atoms with van der Waals surface area (Å²) in [5.41, 5.74) is 1.82. The van der Waals surface area contributed by atoms with Crippen LogP contribution in [0.3, 0.4) is 0 Å². The van der Waals surface area contributed by atoms with Gasteiger partial charge in [-0.15, -0.1) is 0 Å². The van der Waals surface area contributed by atoms with E-state index in [-0.39, 0.29) is 11.8 Å². The summed E-state index contributed by atoms with van der Waals surface area (Å²) >= 11 is 3.35. The average Bonchev–Trinajstić information content (AvgIpc) is 2.66. The Kier molecular flexibility index (Phi) is 7.81. The number of benzene rings is 2. The molecule has 26 heavy (non-hydrogen) atoms. The molecule has 0 aromatic heterocycles. The number of amides is 2. The summed E-state index contributed by atoms with van der Waals surface area (Å²) < 4.78 is 0.923. The van der Waals surface area contributed by atoms with E-state index >= 15 is 0 Å². The van der Waals surface area contributed by atoms with Crippen molar-refractivity contribution in [1.82, 2.24) is 5.32 Å². The van der Waals surface area contributed by atoms with Crippen molar-refractivity contribution in [3.05, 3.63) is 64.1 Å². The Bertz CT molecular complexity index is 726. The summed E-state index contributed by atoms with van der Waals surface area (Å²) in [6, 6.07) is 14.1. The molecule has 0 spiro atoms. The fourth-order valence-electron chi connectivity index (χ4n) is 2.57. The van der Waals surface area contributed by atoms with Crippen molar-refractivity contribution in [1.29, 1.82) is 0 Å². The molecule has 0 unspecified atom stereocenters. The minimum absolute atomic E-state index is 0.0951. The molecule has 6 heteroatoms. The minimum Gasteiger partial charge on any atom is -0.346 e. The highest BCUT2D eigenvalue weighted by atomic mass is 79.9. The highest BCUT2D eigenvalue weighted by molar-refractivity contribution is 9.10. The third kappa shape index (κ3) is 5.97. The van der Waals surface area contributed by atoms with Crippen molar-refractivity contribution in [2.75, 3.05) is 31.5 Å². The SMILES string of the molecule is CC[NH+](CC)CCNC(=O)c1ccc(NC(=O)c2ccc(Br)cc2)cc1. The molecule has 0 aliphatic carbocycles. The molecular formula is C20H25BrN3O2+. The highest BCUT2D eigenvalue weighted by Crippen LogP contribution is 2.14. The first-order valence-electron chi connectivity index (χ1n) is 8.82. The van der Waals surface area contributed by atoms with Crippen LogP contribution in [-0.2, 0) is 0 Å². The van der Waals surface area contributed by atoms with Crippen LogP contribution < -0.4 is 15.5 Å². The lowest BCUT2D eigenvalue weighted by molar-refractivity contribution is -0.895. The molecule has 0 fully saturated rings. The van der Waals surface area contributed by atoms with Gasteiger partial charge in [-0.25, -0.2) is 0 Å². The normalized spacial score (nSPS) is 10.6. The van der Waals surface area contributed by atoms with Crippen LogP contribution in [0.25, 0.3) is 0 Å². The zero-order valence-electron chi connectivity index (χ0n) is 15.1. The summed E-state index contributed by atoms with van der Waals surface area (Å²) in [6.45, 7) is 7.96. The number of anilines is 1. The van der Waals surface area contributed by atoms with Gasteiger partial charge in [-0.05, 0) is 62.4 Å². The fourth-order valence-corrected chi connectivity index (χ4v) is 2.83. The topological polar surface area (TPSA) is 62.6 Å². The Morgan fingerprint density at radius 1 is 0.885 bits per heavy atom. The molecule has 0 saturated heterocycles. The molecule has 0 aliphatic heterocycles. The first kappa shape index (κ1) is 20.1. The zero-order valence-corrected chi connectivity index (χ0v) is 16.7. The molecule has 138 valence electrons. The summed E-state index contributed by atoms with van der Waals surface area (Å²) in [5.74, 6) is -0.278. The van der Waals surface area contributed by atoms with Gasteiger partial charge in [-0.1, -0.05) is 15.9 Å². The number of nitrogens with one attached hydrogen (secondary N) is 3. The Labute approximate surface area is 162 Å². The smallest absolute Gasteiger partial charge is 0.255 e. The van der Waals surface area contributed by atoms with Gasteiger partial charge in [-0.3, -0.25) is 9.59 Å². The zero-order chi connectivity index (χ0) is 18.9. The van der Waals surface area contributed by atoms with Gasteiger partial charge in [0.15, 0.2) is 0 Å². The van der Waals surface area contributed by atoms with Crippen LogP contribution in [0.1, 0.15) is 34.6 Å². The number of quaternary nitrogens is 1. The van der Waals surface area contributed by atoms with Gasteiger partial charge in [0.25, 0.3) is 11.8 Å².